The quantitative estimate of drug-likeness (QED) is 0.731. The maximum absolute atomic E-state index is 13.0. The molecule has 2 heterocycles. The molecule has 0 aliphatic carbocycles. The van der Waals surface area contributed by atoms with Crippen LogP contribution >= 0.6 is 22.9 Å². The van der Waals surface area contributed by atoms with Crippen LogP contribution in [0.15, 0.2) is 23.6 Å². The fourth-order valence-electron chi connectivity index (χ4n) is 3.30. The first kappa shape index (κ1) is 21.1. The topological polar surface area (TPSA) is 45.7 Å². The number of thiazole rings is 1. The molecule has 0 unspecified atom stereocenters. The molecule has 0 bridgehead atoms. The summed E-state index contributed by atoms with van der Waals surface area (Å²) in [6.45, 7) is 10.6. The van der Waals surface area contributed by atoms with Gasteiger partial charge in [0.05, 0.1) is 23.4 Å². The normalized spacial score (nSPS) is 16.1. The lowest BCUT2D eigenvalue weighted by Crippen LogP contribution is -2.35. The second-order valence-corrected chi connectivity index (χ2v) is 9.46. The Morgan fingerprint density at radius 2 is 2.04 bits per heavy atom. The minimum Gasteiger partial charge on any atom is -0.496 e. The van der Waals surface area contributed by atoms with Crippen molar-refractivity contribution >= 4 is 28.8 Å². The first-order valence-corrected chi connectivity index (χ1v) is 10.8. The average Bonchev–Trinajstić information content (AvgIpc) is 3.00. The molecule has 1 aliphatic heterocycles. The number of carbonyl (C=O) groups is 1. The summed E-state index contributed by atoms with van der Waals surface area (Å²) in [5.74, 6) is 0.539. The first-order valence-electron chi connectivity index (χ1n) is 9.58. The summed E-state index contributed by atoms with van der Waals surface area (Å²) in [5.41, 5.74) is 1.73. The van der Waals surface area contributed by atoms with E-state index in [1.807, 2.05) is 4.90 Å². The maximum atomic E-state index is 13.0. The highest BCUT2D eigenvalue weighted by Crippen LogP contribution is 2.27. The van der Waals surface area contributed by atoms with Gasteiger partial charge in [0.2, 0.25) is 0 Å². The Bertz CT molecular complexity index is 831. The molecule has 0 atom stereocenters. The summed E-state index contributed by atoms with van der Waals surface area (Å²) >= 11 is 7.83. The molecule has 5 nitrogen and oxygen atoms in total. The van der Waals surface area contributed by atoms with E-state index in [0.29, 0.717) is 22.9 Å². The van der Waals surface area contributed by atoms with Crippen molar-refractivity contribution in [2.75, 3.05) is 33.3 Å². The van der Waals surface area contributed by atoms with Crippen molar-refractivity contribution in [2.24, 2.45) is 0 Å². The Kier molecular flexibility index (Phi) is 6.63. The Hall–Kier alpha value is -1.63. The number of halogens is 1. The highest BCUT2D eigenvalue weighted by atomic mass is 35.5. The molecule has 2 aromatic rings. The summed E-state index contributed by atoms with van der Waals surface area (Å²) < 4.78 is 5.35. The van der Waals surface area contributed by atoms with Crippen molar-refractivity contribution < 1.29 is 9.53 Å². The van der Waals surface area contributed by atoms with E-state index in [0.717, 1.165) is 38.3 Å². The summed E-state index contributed by atoms with van der Waals surface area (Å²) in [5, 5.41) is 3.87. The van der Waals surface area contributed by atoms with Gasteiger partial charge in [0.1, 0.15) is 5.75 Å². The number of aromatic nitrogens is 1. The number of methoxy groups -OCH3 is 1. The third-order valence-electron chi connectivity index (χ3n) is 4.85. The van der Waals surface area contributed by atoms with Crippen LogP contribution < -0.4 is 4.74 Å². The molecule has 0 saturated carbocycles. The van der Waals surface area contributed by atoms with Gasteiger partial charge in [0.15, 0.2) is 0 Å². The van der Waals surface area contributed by atoms with E-state index in [4.69, 9.17) is 21.3 Å². The average molecular weight is 422 g/mol. The highest BCUT2D eigenvalue weighted by molar-refractivity contribution is 7.09. The molecule has 0 spiro atoms. The number of nitrogens with zero attached hydrogens (tertiary/aromatic N) is 3. The van der Waals surface area contributed by atoms with Crippen LogP contribution in [0.5, 0.6) is 5.75 Å². The van der Waals surface area contributed by atoms with Crippen LogP contribution in [-0.4, -0.2) is 54.0 Å². The van der Waals surface area contributed by atoms with Crippen LogP contribution in [0, 0.1) is 0 Å². The van der Waals surface area contributed by atoms with Crippen molar-refractivity contribution in [3.05, 3.63) is 44.9 Å². The van der Waals surface area contributed by atoms with Crippen molar-refractivity contribution in [2.45, 2.75) is 39.2 Å². The molecule has 1 aliphatic rings. The van der Waals surface area contributed by atoms with E-state index in [1.165, 1.54) is 5.01 Å². The predicted octanol–water partition coefficient (Wildman–Crippen LogP) is 4.45. The van der Waals surface area contributed by atoms with Gasteiger partial charge in [0.25, 0.3) is 5.91 Å². The largest absolute Gasteiger partial charge is 0.496 e. The van der Waals surface area contributed by atoms with Gasteiger partial charge in [0, 0.05) is 48.5 Å². The third-order valence-corrected chi connectivity index (χ3v) is 6.40. The van der Waals surface area contributed by atoms with Crippen LogP contribution in [0.25, 0.3) is 0 Å². The van der Waals surface area contributed by atoms with E-state index in [-0.39, 0.29) is 11.3 Å². The van der Waals surface area contributed by atoms with E-state index < -0.39 is 0 Å². The van der Waals surface area contributed by atoms with Gasteiger partial charge in [-0.05, 0) is 24.6 Å². The fraction of sp³-hybridized carbons (Fsp3) is 0.524. The van der Waals surface area contributed by atoms with Gasteiger partial charge in [-0.25, -0.2) is 4.98 Å². The lowest BCUT2D eigenvalue weighted by molar-refractivity contribution is 0.0757. The zero-order valence-electron chi connectivity index (χ0n) is 17.0. The molecule has 1 fully saturated rings. The molecule has 3 rings (SSSR count). The fourth-order valence-corrected chi connectivity index (χ4v) is 4.37. The van der Waals surface area contributed by atoms with E-state index >= 15 is 0 Å². The molecule has 1 aromatic carbocycles. The molecule has 1 saturated heterocycles. The predicted molar refractivity (Wildman–Crippen MR) is 115 cm³/mol. The highest BCUT2D eigenvalue weighted by Gasteiger charge is 2.24. The standard InChI is InChI=1S/C21H28ClN3O2S/c1-21(2,3)20-23-16(14-28-20)13-24-8-5-9-25(11-10-24)19(26)17-12-15(22)6-7-18(17)27-4/h6-7,12,14H,5,8-11,13H2,1-4H3. The number of hydrogen-bond acceptors (Lipinski definition) is 5. The zero-order valence-corrected chi connectivity index (χ0v) is 18.6. The smallest absolute Gasteiger partial charge is 0.257 e. The van der Waals surface area contributed by atoms with Crippen molar-refractivity contribution in [3.8, 4) is 5.75 Å². The van der Waals surface area contributed by atoms with Gasteiger partial charge in [-0.3, -0.25) is 9.69 Å². The Morgan fingerprint density at radius 1 is 1.25 bits per heavy atom. The third kappa shape index (κ3) is 5.04. The van der Waals surface area contributed by atoms with Gasteiger partial charge >= 0.3 is 0 Å². The van der Waals surface area contributed by atoms with Crippen molar-refractivity contribution in [1.29, 1.82) is 0 Å². The molecule has 1 aromatic heterocycles. The molecule has 7 heteroatoms. The molecule has 0 N–H and O–H groups in total. The lowest BCUT2D eigenvalue weighted by Gasteiger charge is -2.22. The van der Waals surface area contributed by atoms with Crippen LogP contribution in [0.3, 0.4) is 0 Å². The Balaban J connectivity index is 1.64. The lowest BCUT2D eigenvalue weighted by atomic mass is 9.98. The second kappa shape index (κ2) is 8.80. The molecule has 0 radical (unpaired) electrons. The van der Waals surface area contributed by atoms with Gasteiger partial charge in [-0.1, -0.05) is 32.4 Å². The molecule has 1 amide bonds. The second-order valence-electron chi connectivity index (χ2n) is 8.16. The van der Waals surface area contributed by atoms with Crippen LogP contribution in [-0.2, 0) is 12.0 Å². The summed E-state index contributed by atoms with van der Waals surface area (Å²) in [4.78, 5) is 22.1. The van der Waals surface area contributed by atoms with Crippen LogP contribution in [0.1, 0.15) is 48.3 Å². The molecule has 28 heavy (non-hydrogen) atoms. The summed E-state index contributed by atoms with van der Waals surface area (Å²) in [6, 6.07) is 5.17. The van der Waals surface area contributed by atoms with Gasteiger partial charge < -0.3 is 9.64 Å². The monoisotopic (exact) mass is 421 g/mol. The number of carbonyl (C=O) groups excluding carboxylic acids is 1. The van der Waals surface area contributed by atoms with E-state index in [2.05, 4.69) is 31.1 Å². The number of benzene rings is 1. The van der Waals surface area contributed by atoms with Crippen molar-refractivity contribution in [1.82, 2.24) is 14.8 Å². The van der Waals surface area contributed by atoms with Crippen molar-refractivity contribution in [3.63, 3.8) is 0 Å². The number of rotatable bonds is 4. The molecule has 152 valence electrons. The van der Waals surface area contributed by atoms with E-state index in [9.17, 15) is 4.79 Å². The zero-order chi connectivity index (χ0) is 20.3. The minimum atomic E-state index is -0.0233. The molecular weight excluding hydrogens is 394 g/mol. The molecular formula is C21H28ClN3O2S. The van der Waals surface area contributed by atoms with Gasteiger partial charge in [-0.2, -0.15) is 0 Å². The number of hydrogen-bond donors (Lipinski definition) is 0. The summed E-state index contributed by atoms with van der Waals surface area (Å²) in [6.07, 6.45) is 0.935. The SMILES string of the molecule is COc1ccc(Cl)cc1C(=O)N1CCCN(Cc2csc(C(C)(C)C)n2)CC1. The van der Waals surface area contributed by atoms with E-state index in [1.54, 1.807) is 36.6 Å². The number of amides is 1. The summed E-state index contributed by atoms with van der Waals surface area (Å²) in [7, 11) is 1.57. The Labute approximate surface area is 176 Å². The maximum Gasteiger partial charge on any atom is 0.257 e. The van der Waals surface area contributed by atoms with Crippen LogP contribution in [0.4, 0.5) is 0 Å². The van der Waals surface area contributed by atoms with Gasteiger partial charge in [-0.15, -0.1) is 11.3 Å². The number of ether oxygens (including phenoxy) is 1. The first-order chi connectivity index (χ1) is 13.3. The minimum absolute atomic E-state index is 0.0233. The van der Waals surface area contributed by atoms with Crippen LogP contribution in [0.2, 0.25) is 5.02 Å². The Morgan fingerprint density at radius 3 is 2.71 bits per heavy atom.